The number of piperazine rings is 1. The topological polar surface area (TPSA) is 61.0 Å². The second-order valence-electron chi connectivity index (χ2n) is 10.0. The van der Waals surface area contributed by atoms with Crippen LogP contribution < -0.4 is 4.74 Å². The number of amides is 1. The lowest BCUT2D eigenvalue weighted by Crippen LogP contribution is -2.44. The van der Waals surface area contributed by atoms with E-state index in [2.05, 4.69) is 34.0 Å². The van der Waals surface area contributed by atoms with Crippen LogP contribution in [0.3, 0.4) is 0 Å². The number of aromatic amines is 1. The Labute approximate surface area is 224 Å². The van der Waals surface area contributed by atoms with Crippen molar-refractivity contribution in [1.82, 2.24) is 19.7 Å². The van der Waals surface area contributed by atoms with Crippen LogP contribution in [-0.4, -0.2) is 85.3 Å². The van der Waals surface area contributed by atoms with E-state index in [9.17, 15) is 4.79 Å². The number of carbonyl (C=O) groups excluding carboxylic acids is 1. The summed E-state index contributed by atoms with van der Waals surface area (Å²) in [4.78, 5) is 23.2. The summed E-state index contributed by atoms with van der Waals surface area (Å²) in [7, 11) is 2.19. The quantitative estimate of drug-likeness (QED) is 0.403. The number of likely N-dealkylation sites (N-methyl/N-ethyl adjacent to an activating group) is 1. The Hall–Kier alpha value is -2.74. The fourth-order valence-electron chi connectivity index (χ4n) is 5.46. The van der Waals surface area contributed by atoms with Gasteiger partial charge in [0.15, 0.2) is 0 Å². The molecule has 198 valence electrons. The van der Waals surface area contributed by atoms with E-state index in [1.807, 2.05) is 42.2 Å². The number of rotatable bonds is 8. The van der Waals surface area contributed by atoms with Crippen molar-refractivity contribution in [2.45, 2.75) is 32.2 Å². The molecule has 1 atom stereocenters. The lowest BCUT2D eigenvalue weighted by atomic mass is 9.92. The van der Waals surface area contributed by atoms with Crippen LogP contribution in [0.4, 0.5) is 4.79 Å². The van der Waals surface area contributed by atoms with Crippen LogP contribution >= 0.6 is 11.6 Å². The molecule has 0 aliphatic carbocycles. The molecule has 2 aromatic carbocycles. The Bertz CT molecular complexity index is 1200. The SMILES string of the molecule is CCOC(=O)N1CCc2c([nH]c3ccc(Cl)cc23)C1c1ccc(OCCCCN2CCN(C)CC2)cc1. The maximum Gasteiger partial charge on any atom is 0.410 e. The van der Waals surface area contributed by atoms with Gasteiger partial charge in [0.1, 0.15) is 11.8 Å². The second-order valence-corrected chi connectivity index (χ2v) is 10.5. The van der Waals surface area contributed by atoms with Gasteiger partial charge in [0.05, 0.1) is 13.2 Å². The molecule has 1 amide bonds. The monoisotopic (exact) mass is 524 g/mol. The van der Waals surface area contributed by atoms with E-state index in [-0.39, 0.29) is 12.1 Å². The Morgan fingerprint density at radius 1 is 1.05 bits per heavy atom. The molecule has 7 nitrogen and oxygen atoms in total. The van der Waals surface area contributed by atoms with Gasteiger partial charge >= 0.3 is 6.09 Å². The van der Waals surface area contributed by atoms with Gasteiger partial charge in [-0.2, -0.15) is 0 Å². The summed E-state index contributed by atoms with van der Waals surface area (Å²) in [6, 6.07) is 13.8. The van der Waals surface area contributed by atoms with Crippen molar-refractivity contribution in [3.8, 4) is 5.75 Å². The third-order valence-electron chi connectivity index (χ3n) is 7.52. The Morgan fingerprint density at radius 2 is 1.84 bits per heavy atom. The molecule has 2 aliphatic heterocycles. The fraction of sp³-hybridized carbons (Fsp3) is 0.483. The molecule has 0 bridgehead atoms. The van der Waals surface area contributed by atoms with Crippen molar-refractivity contribution in [3.05, 3.63) is 64.3 Å². The number of carbonyl (C=O) groups is 1. The van der Waals surface area contributed by atoms with Gasteiger partial charge in [-0.25, -0.2) is 4.79 Å². The van der Waals surface area contributed by atoms with Gasteiger partial charge in [-0.1, -0.05) is 23.7 Å². The van der Waals surface area contributed by atoms with Gasteiger partial charge in [-0.15, -0.1) is 0 Å². The van der Waals surface area contributed by atoms with Gasteiger partial charge < -0.3 is 24.3 Å². The average molecular weight is 525 g/mol. The van der Waals surface area contributed by atoms with E-state index in [0.29, 0.717) is 24.8 Å². The van der Waals surface area contributed by atoms with Gasteiger partial charge in [-0.3, -0.25) is 4.90 Å². The molecule has 3 aromatic rings. The number of halogens is 1. The minimum absolute atomic E-state index is 0.258. The van der Waals surface area contributed by atoms with Gasteiger partial charge in [0.25, 0.3) is 0 Å². The smallest absolute Gasteiger partial charge is 0.410 e. The number of hydrogen-bond acceptors (Lipinski definition) is 5. The van der Waals surface area contributed by atoms with Crippen LogP contribution in [0.5, 0.6) is 5.75 Å². The fourth-order valence-corrected chi connectivity index (χ4v) is 5.63. The molecule has 1 N–H and O–H groups in total. The lowest BCUT2D eigenvalue weighted by Gasteiger charge is -2.35. The first-order valence-corrected chi connectivity index (χ1v) is 13.8. The first-order valence-electron chi connectivity index (χ1n) is 13.4. The maximum absolute atomic E-state index is 12.9. The number of aromatic nitrogens is 1. The number of benzene rings is 2. The normalized spacial score (nSPS) is 18.7. The number of unbranched alkanes of at least 4 members (excludes halogenated alkanes) is 1. The standard InChI is InChI=1S/C29H37ClN4O3/c1-3-36-29(35)34-14-12-24-25-20-22(30)8-11-26(25)31-27(24)28(34)21-6-9-23(10-7-21)37-19-5-4-13-33-17-15-32(2)16-18-33/h6-11,20,28,31H,3-5,12-19H2,1-2H3. The summed E-state index contributed by atoms with van der Waals surface area (Å²) < 4.78 is 11.5. The summed E-state index contributed by atoms with van der Waals surface area (Å²) in [5.74, 6) is 0.852. The molecule has 0 spiro atoms. The first kappa shape index (κ1) is 25.9. The number of nitrogens with one attached hydrogen (secondary N) is 1. The van der Waals surface area contributed by atoms with E-state index >= 15 is 0 Å². The van der Waals surface area contributed by atoms with Crippen LogP contribution in [0.1, 0.15) is 42.6 Å². The molecule has 8 heteroatoms. The molecule has 1 fully saturated rings. The number of hydrogen-bond donors (Lipinski definition) is 1. The molecular weight excluding hydrogens is 488 g/mol. The van der Waals surface area contributed by atoms with Crippen LogP contribution in [0.2, 0.25) is 5.02 Å². The zero-order valence-electron chi connectivity index (χ0n) is 21.8. The minimum atomic E-state index is -0.296. The van der Waals surface area contributed by atoms with Crippen molar-refractivity contribution in [2.75, 3.05) is 59.5 Å². The Kier molecular flexibility index (Phi) is 8.23. The molecule has 5 rings (SSSR count). The second kappa shape index (κ2) is 11.8. The highest BCUT2D eigenvalue weighted by molar-refractivity contribution is 6.31. The third-order valence-corrected chi connectivity index (χ3v) is 7.76. The summed E-state index contributed by atoms with van der Waals surface area (Å²) in [5.41, 5.74) is 4.29. The average Bonchev–Trinajstić information content (AvgIpc) is 3.27. The largest absolute Gasteiger partial charge is 0.494 e. The lowest BCUT2D eigenvalue weighted by molar-refractivity contribution is 0.0932. The highest BCUT2D eigenvalue weighted by Crippen LogP contribution is 2.39. The number of nitrogens with zero attached hydrogens (tertiary/aromatic N) is 3. The maximum atomic E-state index is 12.9. The molecule has 0 radical (unpaired) electrons. The Balaban J connectivity index is 1.26. The van der Waals surface area contributed by atoms with E-state index in [1.165, 1.54) is 5.56 Å². The van der Waals surface area contributed by atoms with Crippen LogP contribution in [-0.2, 0) is 11.2 Å². The van der Waals surface area contributed by atoms with Crippen molar-refractivity contribution in [2.24, 2.45) is 0 Å². The van der Waals surface area contributed by atoms with Crippen LogP contribution in [0.15, 0.2) is 42.5 Å². The summed E-state index contributed by atoms with van der Waals surface area (Å²) in [6.07, 6.45) is 2.63. The molecule has 0 saturated carbocycles. The number of H-pyrrole nitrogens is 1. The molecule has 37 heavy (non-hydrogen) atoms. The highest BCUT2D eigenvalue weighted by Gasteiger charge is 2.35. The van der Waals surface area contributed by atoms with Gasteiger partial charge in [0, 0.05) is 54.3 Å². The highest BCUT2D eigenvalue weighted by atomic mass is 35.5. The summed E-state index contributed by atoms with van der Waals surface area (Å²) >= 11 is 6.30. The zero-order chi connectivity index (χ0) is 25.8. The molecule has 2 aliphatic rings. The van der Waals surface area contributed by atoms with Crippen LogP contribution in [0.25, 0.3) is 10.9 Å². The van der Waals surface area contributed by atoms with Crippen molar-refractivity contribution < 1.29 is 14.3 Å². The first-order chi connectivity index (χ1) is 18.0. The van der Waals surface area contributed by atoms with Crippen molar-refractivity contribution >= 4 is 28.6 Å². The van der Waals surface area contributed by atoms with E-state index in [0.717, 1.165) is 79.9 Å². The van der Waals surface area contributed by atoms with Gasteiger partial charge in [-0.05, 0) is 81.2 Å². The number of fused-ring (bicyclic) bond motifs is 3. The van der Waals surface area contributed by atoms with Crippen LogP contribution in [0, 0.1) is 0 Å². The van der Waals surface area contributed by atoms with Gasteiger partial charge in [0.2, 0.25) is 0 Å². The molecule has 3 heterocycles. The Morgan fingerprint density at radius 3 is 2.59 bits per heavy atom. The number of ether oxygens (including phenoxy) is 2. The van der Waals surface area contributed by atoms with Crippen molar-refractivity contribution in [1.29, 1.82) is 0 Å². The summed E-state index contributed by atoms with van der Waals surface area (Å²) in [5, 5.41) is 1.83. The van der Waals surface area contributed by atoms with E-state index in [1.54, 1.807) is 0 Å². The zero-order valence-corrected chi connectivity index (χ0v) is 22.6. The molecule has 1 aromatic heterocycles. The van der Waals surface area contributed by atoms with E-state index < -0.39 is 0 Å². The predicted molar refractivity (Wildman–Crippen MR) is 148 cm³/mol. The van der Waals surface area contributed by atoms with E-state index in [4.69, 9.17) is 21.1 Å². The molecular formula is C29H37ClN4O3. The molecule has 1 unspecified atom stereocenters. The third kappa shape index (κ3) is 5.89. The summed E-state index contributed by atoms with van der Waals surface area (Å²) in [6.45, 7) is 9.25. The molecule has 1 saturated heterocycles. The minimum Gasteiger partial charge on any atom is -0.494 e. The van der Waals surface area contributed by atoms with Crippen molar-refractivity contribution in [3.63, 3.8) is 0 Å². The predicted octanol–water partition coefficient (Wildman–Crippen LogP) is 5.33.